The largest absolute Gasteiger partial charge is 0.296 e. The molecule has 1 saturated heterocycles. The number of halogens is 1. The summed E-state index contributed by atoms with van der Waals surface area (Å²) in [5.74, 6) is 1.15. The molecule has 2 rings (SSSR count). The van der Waals surface area contributed by atoms with Gasteiger partial charge in [0.15, 0.2) is 0 Å². The fourth-order valence-electron chi connectivity index (χ4n) is 1.80. The number of anilines is 1. The molecule has 4 heteroatoms. The van der Waals surface area contributed by atoms with Gasteiger partial charge in [0.1, 0.15) is 5.82 Å². The lowest BCUT2D eigenvalue weighted by Gasteiger charge is -2.15. The second-order valence-electron chi connectivity index (χ2n) is 3.94. The molecule has 1 aliphatic rings. The molecule has 0 radical (unpaired) electrons. The lowest BCUT2D eigenvalue weighted by molar-refractivity contribution is -0.117. The van der Waals surface area contributed by atoms with Crippen molar-refractivity contribution < 1.29 is 4.79 Å². The van der Waals surface area contributed by atoms with Crippen molar-refractivity contribution in [2.45, 2.75) is 13.3 Å². The number of hydrogen-bond donors (Lipinski definition) is 0. The van der Waals surface area contributed by atoms with Crippen molar-refractivity contribution in [3.8, 4) is 0 Å². The molecule has 1 aliphatic heterocycles. The number of nitrogens with zero attached hydrogens (tertiary/aromatic N) is 2. The van der Waals surface area contributed by atoms with E-state index in [1.807, 2.05) is 25.1 Å². The molecule has 2 heterocycles. The number of carbonyl (C=O) groups is 1. The molecule has 0 saturated carbocycles. The van der Waals surface area contributed by atoms with Crippen LogP contribution in [0.5, 0.6) is 0 Å². The van der Waals surface area contributed by atoms with Crippen LogP contribution in [0, 0.1) is 16.4 Å². The Morgan fingerprint density at radius 1 is 1.62 bits per heavy atom. The fourth-order valence-corrected chi connectivity index (χ4v) is 2.10. The van der Waals surface area contributed by atoms with Crippen molar-refractivity contribution in [3.63, 3.8) is 0 Å². The zero-order valence-corrected chi connectivity index (χ0v) is 11.3. The molecule has 1 aromatic heterocycles. The lowest BCUT2D eigenvalue weighted by atomic mass is 10.1. The quantitative estimate of drug-likeness (QED) is 0.617. The van der Waals surface area contributed by atoms with E-state index in [0.717, 1.165) is 15.1 Å². The third-order valence-corrected chi connectivity index (χ3v) is 3.91. The van der Waals surface area contributed by atoms with E-state index in [9.17, 15) is 4.79 Å². The second-order valence-corrected chi connectivity index (χ2v) is 5.10. The smallest absolute Gasteiger partial charge is 0.228 e. The first-order valence-electron chi connectivity index (χ1n) is 5.18. The van der Waals surface area contributed by atoms with Crippen LogP contribution in [0.1, 0.15) is 12.1 Å². The Morgan fingerprint density at radius 2 is 2.38 bits per heavy atom. The zero-order chi connectivity index (χ0) is 11.7. The average Bonchev–Trinajstić information content (AvgIpc) is 2.64. The molecule has 0 aromatic carbocycles. The van der Waals surface area contributed by atoms with E-state index in [0.29, 0.717) is 13.0 Å². The monoisotopic (exact) mass is 328 g/mol. The van der Waals surface area contributed by atoms with Crippen LogP contribution in [0.25, 0.3) is 0 Å². The summed E-state index contributed by atoms with van der Waals surface area (Å²) in [4.78, 5) is 18.0. The van der Waals surface area contributed by atoms with Crippen LogP contribution in [0.15, 0.2) is 24.8 Å². The van der Waals surface area contributed by atoms with Gasteiger partial charge in [-0.15, -0.1) is 6.58 Å². The van der Waals surface area contributed by atoms with Gasteiger partial charge in [0, 0.05) is 22.5 Å². The maximum absolute atomic E-state index is 11.8. The molecule has 3 nitrogen and oxygen atoms in total. The Labute approximate surface area is 109 Å². The molecule has 1 aromatic rings. The maximum Gasteiger partial charge on any atom is 0.228 e. The van der Waals surface area contributed by atoms with Gasteiger partial charge < -0.3 is 0 Å². The summed E-state index contributed by atoms with van der Waals surface area (Å²) in [5.41, 5.74) is 0.966. The predicted octanol–water partition coefficient (Wildman–Crippen LogP) is 2.53. The van der Waals surface area contributed by atoms with E-state index in [1.54, 1.807) is 4.90 Å². The summed E-state index contributed by atoms with van der Waals surface area (Å²) in [6.45, 7) is 6.40. The molecule has 1 amide bonds. The van der Waals surface area contributed by atoms with Crippen molar-refractivity contribution in [1.82, 2.24) is 4.98 Å². The van der Waals surface area contributed by atoms with E-state index < -0.39 is 0 Å². The first kappa shape index (κ1) is 11.6. The maximum atomic E-state index is 11.8. The Balaban J connectivity index is 2.27. The van der Waals surface area contributed by atoms with E-state index >= 15 is 0 Å². The normalized spacial score (nSPS) is 20.2. The minimum atomic E-state index is 0.137. The van der Waals surface area contributed by atoms with Crippen LogP contribution in [0.4, 0.5) is 5.82 Å². The van der Waals surface area contributed by atoms with E-state index in [1.165, 1.54) is 0 Å². The molecular weight excluding hydrogens is 315 g/mol. The van der Waals surface area contributed by atoms with Gasteiger partial charge in [-0.25, -0.2) is 4.98 Å². The molecule has 1 fully saturated rings. The average molecular weight is 328 g/mol. The van der Waals surface area contributed by atoms with Crippen molar-refractivity contribution in [2.75, 3.05) is 11.4 Å². The van der Waals surface area contributed by atoms with E-state index in [2.05, 4.69) is 34.2 Å². The Kier molecular flexibility index (Phi) is 3.28. The first-order valence-corrected chi connectivity index (χ1v) is 6.25. The fraction of sp³-hybridized carbons (Fsp3) is 0.333. The highest BCUT2D eigenvalue weighted by Gasteiger charge is 2.29. The molecule has 0 N–H and O–H groups in total. The van der Waals surface area contributed by atoms with Crippen LogP contribution in [-0.4, -0.2) is 17.4 Å². The van der Waals surface area contributed by atoms with Crippen LogP contribution < -0.4 is 4.90 Å². The van der Waals surface area contributed by atoms with Crippen molar-refractivity contribution in [3.05, 3.63) is 34.1 Å². The van der Waals surface area contributed by atoms with Crippen molar-refractivity contribution in [1.29, 1.82) is 0 Å². The van der Waals surface area contributed by atoms with Crippen LogP contribution >= 0.6 is 22.6 Å². The highest BCUT2D eigenvalue weighted by atomic mass is 127. The summed E-state index contributed by atoms with van der Waals surface area (Å²) in [7, 11) is 0. The minimum Gasteiger partial charge on any atom is -0.296 e. The van der Waals surface area contributed by atoms with Gasteiger partial charge in [-0.2, -0.15) is 0 Å². The third kappa shape index (κ3) is 2.11. The molecule has 0 aliphatic carbocycles. The van der Waals surface area contributed by atoms with Gasteiger partial charge in [-0.3, -0.25) is 9.69 Å². The summed E-state index contributed by atoms with van der Waals surface area (Å²) >= 11 is 2.24. The standard InChI is InChI=1S/C12H13IN2O/c1-3-9-6-12(16)15(7-9)11-5-4-10(13)8(2)14-11/h3-5,9H,1,6-7H2,2H3. The number of carbonyl (C=O) groups excluding carboxylic acids is 1. The molecule has 1 unspecified atom stereocenters. The lowest BCUT2D eigenvalue weighted by Crippen LogP contribution is -2.25. The van der Waals surface area contributed by atoms with E-state index in [-0.39, 0.29) is 11.8 Å². The van der Waals surface area contributed by atoms with Gasteiger partial charge >= 0.3 is 0 Å². The highest BCUT2D eigenvalue weighted by Crippen LogP contribution is 2.25. The molecule has 1 atom stereocenters. The summed E-state index contributed by atoms with van der Waals surface area (Å²) in [5, 5.41) is 0. The molecule has 16 heavy (non-hydrogen) atoms. The highest BCUT2D eigenvalue weighted by molar-refractivity contribution is 14.1. The number of aromatic nitrogens is 1. The van der Waals surface area contributed by atoms with Crippen LogP contribution in [0.2, 0.25) is 0 Å². The van der Waals surface area contributed by atoms with E-state index in [4.69, 9.17) is 0 Å². The van der Waals surface area contributed by atoms with Gasteiger partial charge in [0.2, 0.25) is 5.91 Å². The zero-order valence-electron chi connectivity index (χ0n) is 9.11. The van der Waals surface area contributed by atoms with Crippen LogP contribution in [0.3, 0.4) is 0 Å². The Morgan fingerprint density at radius 3 is 2.94 bits per heavy atom. The topological polar surface area (TPSA) is 33.2 Å². The minimum absolute atomic E-state index is 0.137. The number of aryl methyl sites for hydroxylation is 1. The number of rotatable bonds is 2. The predicted molar refractivity (Wildman–Crippen MR) is 72.3 cm³/mol. The molecule has 0 spiro atoms. The van der Waals surface area contributed by atoms with Crippen molar-refractivity contribution >= 4 is 34.3 Å². The third-order valence-electron chi connectivity index (χ3n) is 2.77. The summed E-state index contributed by atoms with van der Waals surface area (Å²) < 4.78 is 1.12. The van der Waals surface area contributed by atoms with Gasteiger partial charge in [-0.05, 0) is 41.6 Å². The Hall–Kier alpha value is -0.910. The second kappa shape index (κ2) is 4.53. The van der Waals surface area contributed by atoms with Crippen LogP contribution in [-0.2, 0) is 4.79 Å². The number of amides is 1. The molecule has 84 valence electrons. The molecule has 0 bridgehead atoms. The molecular formula is C12H13IN2O. The first-order chi connectivity index (χ1) is 7.61. The summed E-state index contributed by atoms with van der Waals surface area (Å²) in [6, 6.07) is 3.89. The SMILES string of the molecule is C=CC1CC(=O)N(c2ccc(I)c(C)n2)C1. The number of hydrogen-bond acceptors (Lipinski definition) is 2. The summed E-state index contributed by atoms with van der Waals surface area (Å²) in [6.07, 6.45) is 2.40. The van der Waals surface area contributed by atoms with Gasteiger partial charge in [0.25, 0.3) is 0 Å². The number of pyridine rings is 1. The van der Waals surface area contributed by atoms with Gasteiger partial charge in [0.05, 0.1) is 5.69 Å². The van der Waals surface area contributed by atoms with Crippen molar-refractivity contribution in [2.24, 2.45) is 5.92 Å². The Bertz CT molecular complexity index is 445. The van der Waals surface area contributed by atoms with Gasteiger partial charge in [-0.1, -0.05) is 6.08 Å².